The summed E-state index contributed by atoms with van der Waals surface area (Å²) < 4.78 is 5.60. The summed E-state index contributed by atoms with van der Waals surface area (Å²) in [6.07, 6.45) is 5.24. The zero-order valence-electron chi connectivity index (χ0n) is 21.8. The number of nitrogens with zero attached hydrogens (tertiary/aromatic N) is 4. The minimum Gasteiger partial charge on any atom is -0.444 e. The molecule has 1 aromatic rings. The first-order valence-electron chi connectivity index (χ1n) is 13.5. The molecule has 1 aliphatic carbocycles. The highest BCUT2D eigenvalue weighted by atomic mass is 16.6. The predicted molar refractivity (Wildman–Crippen MR) is 137 cm³/mol. The van der Waals surface area contributed by atoms with Crippen molar-refractivity contribution < 1.29 is 14.3 Å². The van der Waals surface area contributed by atoms with Crippen LogP contribution in [0.15, 0.2) is 24.3 Å². The molecule has 8 nitrogen and oxygen atoms in total. The third-order valence-corrected chi connectivity index (χ3v) is 8.26. The highest BCUT2D eigenvalue weighted by molar-refractivity contribution is 5.87. The van der Waals surface area contributed by atoms with Crippen molar-refractivity contribution in [2.45, 2.75) is 89.1 Å². The van der Waals surface area contributed by atoms with Gasteiger partial charge < -0.3 is 15.0 Å². The van der Waals surface area contributed by atoms with E-state index in [0.717, 1.165) is 44.5 Å². The van der Waals surface area contributed by atoms with E-state index in [0.29, 0.717) is 12.5 Å². The van der Waals surface area contributed by atoms with Gasteiger partial charge in [0.05, 0.1) is 6.07 Å². The number of benzene rings is 1. The Kier molecular flexibility index (Phi) is 6.86. The van der Waals surface area contributed by atoms with Crippen LogP contribution in [-0.4, -0.2) is 77.7 Å². The molecule has 3 heterocycles. The Bertz CT molecular complexity index is 1010. The molecule has 4 aliphatic rings. The molecule has 5 atom stereocenters. The number of anilines is 1. The Balaban J connectivity index is 1.20. The van der Waals surface area contributed by atoms with Crippen LogP contribution < -0.4 is 10.2 Å². The number of fused-ring (bicyclic) bond motifs is 3. The number of likely N-dealkylation sites (tertiary alicyclic amines) is 1. The van der Waals surface area contributed by atoms with Crippen LogP contribution in [0.3, 0.4) is 0 Å². The lowest BCUT2D eigenvalue weighted by Crippen LogP contribution is -2.55. The maximum absolute atomic E-state index is 13.3. The Labute approximate surface area is 214 Å². The van der Waals surface area contributed by atoms with E-state index in [1.807, 2.05) is 20.8 Å². The molecule has 5 rings (SSSR count). The zero-order chi connectivity index (χ0) is 25.4. The van der Waals surface area contributed by atoms with Gasteiger partial charge in [-0.05, 0) is 83.0 Å². The standard InChI is InChI=1S/C28H39N5O3/c1-28(2,3)36-27(35)33-23-11-8-20(16-23)25(33)26(34)30-21(17-29)15-19-6-9-22(10-7-19)32-14-13-31-12-4-5-24(31)18-32/h6-7,9-10,20-21,23-25H,4-5,8,11-16,18H2,1-3H3,(H,30,34)/t20-,21-,23+,24?,25-/m0/s1. The van der Waals surface area contributed by atoms with Crippen LogP contribution in [0.25, 0.3) is 0 Å². The monoisotopic (exact) mass is 493 g/mol. The Morgan fingerprint density at radius 3 is 2.61 bits per heavy atom. The fourth-order valence-corrected chi connectivity index (χ4v) is 6.59. The van der Waals surface area contributed by atoms with Gasteiger partial charge in [-0.2, -0.15) is 5.26 Å². The van der Waals surface area contributed by atoms with E-state index < -0.39 is 23.8 Å². The van der Waals surface area contributed by atoms with Crippen LogP contribution in [0.1, 0.15) is 58.4 Å². The number of hydrogen-bond acceptors (Lipinski definition) is 6. The maximum atomic E-state index is 13.3. The summed E-state index contributed by atoms with van der Waals surface area (Å²) in [4.78, 5) is 32.9. The molecule has 8 heteroatoms. The summed E-state index contributed by atoms with van der Waals surface area (Å²) in [6, 6.07) is 10.2. The van der Waals surface area contributed by atoms with Crippen LogP contribution in [-0.2, 0) is 16.0 Å². The fourth-order valence-electron chi connectivity index (χ4n) is 6.59. The normalized spacial score (nSPS) is 28.5. The Morgan fingerprint density at radius 1 is 1.11 bits per heavy atom. The van der Waals surface area contributed by atoms with Gasteiger partial charge in [0.2, 0.25) is 5.91 Å². The molecular formula is C28H39N5O3. The first-order chi connectivity index (χ1) is 17.2. The lowest BCUT2D eigenvalue weighted by Gasteiger charge is -2.38. The number of rotatable bonds is 5. The average Bonchev–Trinajstić information content (AvgIpc) is 3.58. The van der Waals surface area contributed by atoms with Gasteiger partial charge in [-0.15, -0.1) is 0 Å². The van der Waals surface area contributed by atoms with Crippen LogP contribution in [0.4, 0.5) is 10.5 Å². The number of piperidine rings is 1. The molecule has 3 saturated heterocycles. The SMILES string of the molecule is CC(C)(C)OC(=O)N1[C@@H]2CC[C@@H](C2)[C@H]1C(=O)N[C@H](C#N)Cc1ccc(N2CCN3CCCC3C2)cc1. The van der Waals surface area contributed by atoms with E-state index in [1.165, 1.54) is 25.1 Å². The zero-order valence-corrected chi connectivity index (χ0v) is 21.8. The van der Waals surface area contributed by atoms with Crippen molar-refractivity contribution in [3.8, 4) is 6.07 Å². The van der Waals surface area contributed by atoms with Crippen molar-refractivity contribution in [2.75, 3.05) is 31.1 Å². The van der Waals surface area contributed by atoms with E-state index >= 15 is 0 Å². The minimum atomic E-state index is -0.648. The summed E-state index contributed by atoms with van der Waals surface area (Å²) in [7, 11) is 0. The number of piperazine rings is 1. The minimum absolute atomic E-state index is 0.0415. The molecule has 1 N–H and O–H groups in total. The molecule has 3 aliphatic heterocycles. The van der Waals surface area contributed by atoms with E-state index in [1.54, 1.807) is 4.90 Å². The van der Waals surface area contributed by atoms with E-state index in [-0.39, 0.29) is 17.9 Å². The first kappa shape index (κ1) is 24.9. The summed E-state index contributed by atoms with van der Waals surface area (Å²) in [5.74, 6) is -0.118. The molecule has 1 saturated carbocycles. The van der Waals surface area contributed by atoms with E-state index in [2.05, 4.69) is 45.5 Å². The smallest absolute Gasteiger partial charge is 0.411 e. The third-order valence-electron chi connectivity index (χ3n) is 8.26. The summed E-state index contributed by atoms with van der Waals surface area (Å²) in [5.41, 5.74) is 1.62. The summed E-state index contributed by atoms with van der Waals surface area (Å²) in [5, 5.41) is 12.7. The number of hydrogen-bond donors (Lipinski definition) is 1. The van der Waals surface area contributed by atoms with Crippen LogP contribution in [0.2, 0.25) is 0 Å². The topological polar surface area (TPSA) is 88.9 Å². The Morgan fingerprint density at radius 2 is 1.89 bits per heavy atom. The molecule has 2 amide bonds. The van der Waals surface area contributed by atoms with Crippen molar-refractivity contribution in [3.05, 3.63) is 29.8 Å². The highest BCUT2D eigenvalue weighted by Gasteiger charge is 2.52. The molecule has 2 bridgehead atoms. The largest absolute Gasteiger partial charge is 0.444 e. The second-order valence-corrected chi connectivity index (χ2v) is 11.9. The lowest BCUT2D eigenvalue weighted by atomic mass is 9.97. The maximum Gasteiger partial charge on any atom is 0.411 e. The fraction of sp³-hybridized carbons (Fsp3) is 0.679. The molecule has 4 fully saturated rings. The molecule has 1 aromatic carbocycles. The van der Waals surface area contributed by atoms with Crippen LogP contribution in [0.5, 0.6) is 0 Å². The van der Waals surface area contributed by atoms with Crippen molar-refractivity contribution in [1.82, 2.24) is 15.1 Å². The van der Waals surface area contributed by atoms with E-state index in [9.17, 15) is 14.9 Å². The molecule has 0 spiro atoms. The number of amides is 2. The molecule has 0 radical (unpaired) electrons. The third kappa shape index (κ3) is 5.17. The Hall–Kier alpha value is -2.79. The van der Waals surface area contributed by atoms with Gasteiger partial charge in [0.15, 0.2) is 0 Å². The van der Waals surface area contributed by atoms with Gasteiger partial charge in [-0.3, -0.25) is 14.6 Å². The average molecular weight is 494 g/mol. The van der Waals surface area contributed by atoms with E-state index in [4.69, 9.17) is 4.74 Å². The highest BCUT2D eigenvalue weighted by Crippen LogP contribution is 2.43. The lowest BCUT2D eigenvalue weighted by molar-refractivity contribution is -0.128. The van der Waals surface area contributed by atoms with Crippen LogP contribution in [0, 0.1) is 17.2 Å². The first-order valence-corrected chi connectivity index (χ1v) is 13.5. The quantitative estimate of drug-likeness (QED) is 0.677. The van der Waals surface area contributed by atoms with Gasteiger partial charge in [0, 0.05) is 43.8 Å². The molecule has 36 heavy (non-hydrogen) atoms. The number of nitrogens with one attached hydrogen (secondary N) is 1. The van der Waals surface area contributed by atoms with Gasteiger partial charge >= 0.3 is 6.09 Å². The van der Waals surface area contributed by atoms with Crippen LogP contribution >= 0.6 is 0 Å². The molecule has 1 unspecified atom stereocenters. The number of carbonyl (C=O) groups excluding carboxylic acids is 2. The number of ether oxygens (including phenoxy) is 1. The second-order valence-electron chi connectivity index (χ2n) is 11.9. The van der Waals surface area contributed by atoms with Crippen molar-refractivity contribution in [2.24, 2.45) is 5.92 Å². The summed E-state index contributed by atoms with van der Waals surface area (Å²) >= 11 is 0. The predicted octanol–water partition coefficient (Wildman–Crippen LogP) is 3.31. The van der Waals surface area contributed by atoms with Crippen molar-refractivity contribution >= 4 is 17.7 Å². The molecule has 194 valence electrons. The van der Waals surface area contributed by atoms with Gasteiger partial charge in [0.1, 0.15) is 17.7 Å². The van der Waals surface area contributed by atoms with Gasteiger partial charge in [0.25, 0.3) is 0 Å². The van der Waals surface area contributed by atoms with Crippen molar-refractivity contribution in [1.29, 1.82) is 5.26 Å². The second kappa shape index (κ2) is 9.93. The van der Waals surface area contributed by atoms with Crippen molar-refractivity contribution in [3.63, 3.8) is 0 Å². The summed E-state index contributed by atoms with van der Waals surface area (Å²) in [6.45, 7) is 9.98. The molecule has 0 aromatic heterocycles. The van der Waals surface area contributed by atoms with Gasteiger partial charge in [-0.1, -0.05) is 12.1 Å². The number of nitriles is 1. The number of carbonyl (C=O) groups is 2. The molecular weight excluding hydrogens is 454 g/mol. The van der Waals surface area contributed by atoms with Gasteiger partial charge in [-0.25, -0.2) is 4.79 Å².